The minimum atomic E-state index is -1.24. The van der Waals surface area contributed by atoms with Crippen LogP contribution in [0.25, 0.3) is 0 Å². The van der Waals surface area contributed by atoms with E-state index in [1.54, 1.807) is 41.2 Å². The molecule has 3 N–H and O–H groups in total. The summed E-state index contributed by atoms with van der Waals surface area (Å²) in [6.07, 6.45) is 4.77. The van der Waals surface area contributed by atoms with E-state index >= 15 is 0 Å². The third-order valence-electron chi connectivity index (χ3n) is 5.64. The van der Waals surface area contributed by atoms with Crippen LogP contribution in [0.1, 0.15) is 17.4 Å². The highest BCUT2D eigenvalue weighted by Crippen LogP contribution is 2.37. The molecule has 14 heteroatoms. The van der Waals surface area contributed by atoms with Crippen LogP contribution in [0.2, 0.25) is 0 Å². The second kappa shape index (κ2) is 9.58. The minimum Gasteiger partial charge on any atom is -0.464 e. The van der Waals surface area contributed by atoms with Gasteiger partial charge in [0.25, 0.3) is 0 Å². The molecule has 1 fully saturated rings. The van der Waals surface area contributed by atoms with Gasteiger partial charge in [-0.25, -0.2) is 23.7 Å². The highest BCUT2D eigenvalue weighted by molar-refractivity contribution is 5.70. The number of carboxylic acid groups (broad SMARTS) is 1. The Morgan fingerprint density at radius 3 is 2.58 bits per heavy atom. The lowest BCUT2D eigenvalue weighted by Crippen LogP contribution is -2.38. The number of nitrogen functional groups attached to an aromatic ring is 1. The SMILES string of the molecule is Cn1cnc(N(c2nc(N)nc(N3CCOCC3)n2)C(c2ccc(F)cc2)c2nccn2C(=O)O)c1. The van der Waals surface area contributed by atoms with E-state index in [4.69, 9.17) is 10.5 Å². The van der Waals surface area contributed by atoms with Crippen molar-refractivity contribution in [3.63, 3.8) is 0 Å². The van der Waals surface area contributed by atoms with Gasteiger partial charge in [0.2, 0.25) is 17.8 Å². The van der Waals surface area contributed by atoms with Crippen molar-refractivity contribution in [1.82, 2.24) is 34.1 Å². The summed E-state index contributed by atoms with van der Waals surface area (Å²) in [7, 11) is 1.79. The van der Waals surface area contributed by atoms with Gasteiger partial charge in [-0.2, -0.15) is 15.0 Å². The topological polar surface area (TPSA) is 153 Å². The number of aromatic nitrogens is 7. The summed E-state index contributed by atoms with van der Waals surface area (Å²) in [5.74, 6) is 0.527. The lowest BCUT2D eigenvalue weighted by molar-refractivity contribution is 0.122. The van der Waals surface area contributed by atoms with E-state index in [9.17, 15) is 14.3 Å². The fourth-order valence-electron chi connectivity index (χ4n) is 3.99. The maximum atomic E-state index is 13.9. The summed E-state index contributed by atoms with van der Waals surface area (Å²) >= 11 is 0. The van der Waals surface area contributed by atoms with Crippen LogP contribution in [0.4, 0.5) is 32.8 Å². The Kier molecular flexibility index (Phi) is 6.16. The van der Waals surface area contributed by atoms with Crippen LogP contribution in [0, 0.1) is 5.82 Å². The van der Waals surface area contributed by atoms with Crippen molar-refractivity contribution in [2.75, 3.05) is 41.8 Å². The number of rotatable bonds is 6. The second-order valence-corrected chi connectivity index (χ2v) is 8.05. The fourth-order valence-corrected chi connectivity index (χ4v) is 3.99. The molecule has 0 aliphatic carbocycles. The van der Waals surface area contributed by atoms with Gasteiger partial charge in [0.05, 0.1) is 19.5 Å². The summed E-state index contributed by atoms with van der Waals surface area (Å²) in [5.41, 5.74) is 6.64. The van der Waals surface area contributed by atoms with E-state index in [1.165, 1.54) is 24.5 Å². The normalized spacial score (nSPS) is 14.6. The van der Waals surface area contributed by atoms with Gasteiger partial charge in [-0.3, -0.25) is 4.90 Å². The monoisotopic (exact) mass is 494 g/mol. The highest BCUT2D eigenvalue weighted by atomic mass is 19.1. The second-order valence-electron chi connectivity index (χ2n) is 8.05. The zero-order valence-electron chi connectivity index (χ0n) is 19.3. The van der Waals surface area contributed by atoms with E-state index in [1.807, 2.05) is 4.90 Å². The molecule has 1 saturated heterocycles. The first-order valence-electron chi connectivity index (χ1n) is 11.0. The summed E-state index contributed by atoms with van der Waals surface area (Å²) in [6, 6.07) is 4.75. The Morgan fingerprint density at radius 1 is 1.17 bits per heavy atom. The third-order valence-corrected chi connectivity index (χ3v) is 5.64. The van der Waals surface area contributed by atoms with Gasteiger partial charge in [-0.1, -0.05) is 12.1 Å². The van der Waals surface area contributed by atoms with Crippen LogP contribution in [0.5, 0.6) is 0 Å². The van der Waals surface area contributed by atoms with Crippen LogP contribution >= 0.6 is 0 Å². The van der Waals surface area contributed by atoms with Gasteiger partial charge >= 0.3 is 6.09 Å². The van der Waals surface area contributed by atoms with Crippen LogP contribution in [-0.4, -0.2) is 71.6 Å². The number of imidazole rings is 2. The molecule has 0 amide bonds. The Bertz CT molecular complexity index is 1370. The molecular formula is C22H23FN10O3. The predicted octanol–water partition coefficient (Wildman–Crippen LogP) is 1.81. The maximum absolute atomic E-state index is 13.9. The number of hydrogen-bond acceptors (Lipinski definition) is 10. The molecule has 0 bridgehead atoms. The number of halogens is 1. The first-order valence-corrected chi connectivity index (χ1v) is 11.0. The van der Waals surface area contributed by atoms with Gasteiger partial charge in [0, 0.05) is 38.7 Å². The highest BCUT2D eigenvalue weighted by Gasteiger charge is 2.33. The van der Waals surface area contributed by atoms with E-state index in [-0.39, 0.29) is 17.7 Å². The van der Waals surface area contributed by atoms with Gasteiger partial charge in [0.1, 0.15) is 17.7 Å². The molecule has 1 aromatic carbocycles. The molecule has 1 unspecified atom stereocenters. The average Bonchev–Trinajstić information content (AvgIpc) is 3.52. The van der Waals surface area contributed by atoms with Gasteiger partial charge in [-0.15, -0.1) is 0 Å². The summed E-state index contributed by atoms with van der Waals surface area (Å²) in [4.78, 5) is 37.7. The van der Waals surface area contributed by atoms with Crippen molar-refractivity contribution in [1.29, 1.82) is 0 Å². The molecule has 186 valence electrons. The third kappa shape index (κ3) is 4.53. The quantitative estimate of drug-likeness (QED) is 0.403. The lowest BCUT2D eigenvalue weighted by Gasteiger charge is -2.31. The van der Waals surface area contributed by atoms with Crippen LogP contribution < -0.4 is 15.5 Å². The zero-order chi connectivity index (χ0) is 25.2. The van der Waals surface area contributed by atoms with Gasteiger partial charge < -0.3 is 25.0 Å². The van der Waals surface area contributed by atoms with E-state index in [0.29, 0.717) is 43.6 Å². The standard InChI is InChI=1S/C22H23FN10O3/c1-30-12-16(26-13-30)33(21-28-19(24)27-20(29-21)31-8-10-36-11-9-31)17(14-2-4-15(23)5-3-14)18-25-6-7-32(18)22(34)35/h2-7,12-13,17H,8-11H2,1H3,(H,34,35)(H2,24,27,28,29). The van der Waals surface area contributed by atoms with Crippen molar-refractivity contribution in [3.8, 4) is 0 Å². The molecular weight excluding hydrogens is 471 g/mol. The first-order chi connectivity index (χ1) is 17.4. The van der Waals surface area contributed by atoms with Crippen molar-refractivity contribution in [2.45, 2.75) is 6.04 Å². The van der Waals surface area contributed by atoms with Crippen molar-refractivity contribution in [2.24, 2.45) is 7.05 Å². The number of aryl methyl sites for hydroxylation is 1. The Labute approximate surface area is 204 Å². The van der Waals surface area contributed by atoms with Crippen LogP contribution in [0.3, 0.4) is 0 Å². The van der Waals surface area contributed by atoms with E-state index in [2.05, 4.69) is 24.9 Å². The number of carbonyl (C=O) groups is 1. The summed E-state index contributed by atoms with van der Waals surface area (Å²) in [6.45, 7) is 2.16. The molecule has 1 aliphatic heterocycles. The Balaban J connectivity index is 1.72. The molecule has 0 saturated carbocycles. The number of nitrogens with two attached hydrogens (primary N) is 1. The average molecular weight is 494 g/mol. The molecule has 0 spiro atoms. The lowest BCUT2D eigenvalue weighted by atomic mass is 10.0. The molecule has 13 nitrogen and oxygen atoms in total. The summed E-state index contributed by atoms with van der Waals surface area (Å²) in [5, 5.41) is 9.82. The smallest absolute Gasteiger partial charge is 0.417 e. The van der Waals surface area contributed by atoms with Crippen molar-refractivity contribution >= 4 is 29.8 Å². The van der Waals surface area contributed by atoms with E-state index < -0.39 is 18.0 Å². The molecule has 1 atom stereocenters. The predicted molar refractivity (Wildman–Crippen MR) is 127 cm³/mol. The van der Waals surface area contributed by atoms with Crippen LogP contribution in [-0.2, 0) is 11.8 Å². The van der Waals surface area contributed by atoms with Gasteiger partial charge in [0.15, 0.2) is 5.82 Å². The molecule has 4 heterocycles. The number of hydrogen-bond donors (Lipinski definition) is 2. The Morgan fingerprint density at radius 2 is 1.92 bits per heavy atom. The maximum Gasteiger partial charge on any atom is 0.417 e. The first kappa shape index (κ1) is 23.2. The molecule has 1 aliphatic rings. The molecule has 3 aromatic heterocycles. The number of ether oxygens (including phenoxy) is 1. The molecule has 36 heavy (non-hydrogen) atoms. The Hall–Kier alpha value is -4.59. The number of morpholine rings is 1. The molecule has 0 radical (unpaired) electrons. The van der Waals surface area contributed by atoms with Crippen LogP contribution in [0.15, 0.2) is 49.2 Å². The summed E-state index contributed by atoms with van der Waals surface area (Å²) < 4.78 is 22.0. The minimum absolute atomic E-state index is 0.0261. The largest absolute Gasteiger partial charge is 0.464 e. The van der Waals surface area contributed by atoms with Crippen molar-refractivity contribution < 1.29 is 19.0 Å². The van der Waals surface area contributed by atoms with E-state index in [0.717, 1.165) is 4.57 Å². The molecule has 5 rings (SSSR count). The number of benzene rings is 1. The molecule has 4 aromatic rings. The van der Waals surface area contributed by atoms with Crippen molar-refractivity contribution in [3.05, 3.63) is 66.4 Å². The zero-order valence-corrected chi connectivity index (χ0v) is 19.3. The number of anilines is 4. The number of nitrogens with zero attached hydrogens (tertiary/aromatic N) is 9. The fraction of sp³-hybridized carbons (Fsp3) is 0.273. The van der Waals surface area contributed by atoms with Gasteiger partial charge in [-0.05, 0) is 17.7 Å².